The van der Waals surface area contributed by atoms with Crippen molar-refractivity contribution in [2.45, 2.75) is 56.4 Å². The normalized spacial score (nSPS) is 14.8. The molecule has 10 heteroatoms. The smallest absolute Gasteiger partial charge is 0.260 e. The topological polar surface area (TPSA) is 73.8 Å². The average molecular weight is 565 g/mol. The number of hydrogen-bond donors (Lipinski definition) is 0. The third-order valence-electron chi connectivity index (χ3n) is 6.96. The van der Waals surface area contributed by atoms with Crippen molar-refractivity contribution in [1.82, 2.24) is 14.2 Å². The molecule has 1 saturated carbocycles. The summed E-state index contributed by atoms with van der Waals surface area (Å²) in [6, 6.07) is 12.6. The Morgan fingerprint density at radius 3 is 2.30 bits per heavy atom. The molecule has 1 amide bonds. The van der Waals surface area contributed by atoms with Gasteiger partial charge in [0.15, 0.2) is 5.13 Å². The van der Waals surface area contributed by atoms with Crippen LogP contribution in [0, 0.1) is 0 Å². The van der Waals surface area contributed by atoms with Crippen LogP contribution in [-0.2, 0) is 16.4 Å². The summed E-state index contributed by atoms with van der Waals surface area (Å²) in [5.41, 5.74) is 2.56. The molecule has 0 unspecified atom stereocenters. The Balaban J connectivity index is 0.00000380. The third-order valence-corrected chi connectivity index (χ3v) is 9.93. The fourth-order valence-corrected chi connectivity index (χ4v) is 7.08. The molecule has 1 fully saturated rings. The highest BCUT2D eigenvalue weighted by molar-refractivity contribution is 7.89. The number of likely N-dealkylation sites (N-methyl/N-ethyl adjacent to an activating group) is 1. The van der Waals surface area contributed by atoms with E-state index in [9.17, 15) is 13.2 Å². The molecule has 37 heavy (non-hydrogen) atoms. The lowest BCUT2D eigenvalue weighted by molar-refractivity contribution is 0.0985. The molecular weight excluding hydrogens is 528 g/mol. The number of rotatable bonds is 9. The van der Waals surface area contributed by atoms with Crippen molar-refractivity contribution in [3.05, 3.63) is 53.6 Å². The van der Waals surface area contributed by atoms with Gasteiger partial charge in [-0.05, 0) is 75.3 Å². The molecule has 0 radical (unpaired) electrons. The second kappa shape index (κ2) is 12.7. The highest BCUT2D eigenvalue weighted by Crippen LogP contribution is 2.31. The van der Waals surface area contributed by atoms with Crippen LogP contribution in [0.25, 0.3) is 10.2 Å². The molecule has 0 bridgehead atoms. The minimum absolute atomic E-state index is 0. The predicted octanol–water partition coefficient (Wildman–Crippen LogP) is 5.44. The van der Waals surface area contributed by atoms with E-state index in [1.54, 1.807) is 36.2 Å². The van der Waals surface area contributed by atoms with Gasteiger partial charge in [-0.25, -0.2) is 13.4 Å². The number of anilines is 1. The Hall–Kier alpha value is -2.04. The number of carbonyl (C=O) groups excluding carboxylic acids is 1. The second-order valence-electron chi connectivity index (χ2n) is 9.75. The minimum atomic E-state index is -3.61. The lowest BCUT2D eigenvalue weighted by Gasteiger charge is -2.30. The number of hydrogen-bond acceptors (Lipinski definition) is 6. The Morgan fingerprint density at radius 1 is 1.00 bits per heavy atom. The molecule has 1 heterocycles. The van der Waals surface area contributed by atoms with Gasteiger partial charge in [0.1, 0.15) is 0 Å². The number of fused-ring (bicyclic) bond motifs is 1. The van der Waals surface area contributed by atoms with Crippen molar-refractivity contribution >= 4 is 55.0 Å². The monoisotopic (exact) mass is 564 g/mol. The van der Waals surface area contributed by atoms with E-state index in [2.05, 4.69) is 19.1 Å². The van der Waals surface area contributed by atoms with Crippen LogP contribution in [0.2, 0.25) is 0 Å². The summed E-state index contributed by atoms with van der Waals surface area (Å²) < 4.78 is 29.0. The van der Waals surface area contributed by atoms with Gasteiger partial charge in [-0.3, -0.25) is 9.69 Å². The molecule has 4 rings (SSSR count). The van der Waals surface area contributed by atoms with Crippen LogP contribution in [0.4, 0.5) is 5.13 Å². The van der Waals surface area contributed by atoms with Gasteiger partial charge in [-0.15, -0.1) is 12.4 Å². The van der Waals surface area contributed by atoms with E-state index in [0.717, 1.165) is 42.3 Å². The largest absolute Gasteiger partial charge is 0.308 e. The zero-order chi connectivity index (χ0) is 25.9. The maximum absolute atomic E-state index is 13.6. The standard InChI is InChI=1S/C27H36N4O3S2.ClH/c1-5-20-11-16-24-25(19-20)35-27(28-24)31(18-17-29(2)3)26(32)21-12-14-23(15-13-21)36(33,34)30(4)22-9-7-6-8-10-22;/h11-16,19,22H,5-10,17-18H2,1-4H3;1H. The molecule has 1 aliphatic rings. The van der Waals surface area contributed by atoms with E-state index in [4.69, 9.17) is 4.98 Å². The highest BCUT2D eigenvalue weighted by Gasteiger charge is 2.29. The van der Waals surface area contributed by atoms with Gasteiger partial charge >= 0.3 is 0 Å². The van der Waals surface area contributed by atoms with E-state index >= 15 is 0 Å². The van der Waals surface area contributed by atoms with Gasteiger partial charge in [-0.1, -0.05) is 43.6 Å². The Kier molecular flexibility index (Phi) is 10.1. The molecule has 1 aromatic heterocycles. The van der Waals surface area contributed by atoms with Crippen molar-refractivity contribution < 1.29 is 13.2 Å². The average Bonchev–Trinajstić information content (AvgIpc) is 3.31. The molecule has 0 atom stereocenters. The van der Waals surface area contributed by atoms with E-state index in [1.165, 1.54) is 27.6 Å². The summed E-state index contributed by atoms with van der Waals surface area (Å²) in [6.45, 7) is 3.28. The van der Waals surface area contributed by atoms with Crippen molar-refractivity contribution in [2.24, 2.45) is 0 Å². The van der Waals surface area contributed by atoms with E-state index < -0.39 is 10.0 Å². The first-order chi connectivity index (χ1) is 17.2. The molecule has 0 N–H and O–H groups in total. The lowest BCUT2D eigenvalue weighted by Crippen LogP contribution is -2.38. The SMILES string of the molecule is CCc1ccc2nc(N(CCN(C)C)C(=O)c3ccc(S(=O)(=O)N(C)C4CCCCC4)cc3)sc2c1.Cl. The molecule has 202 valence electrons. The summed E-state index contributed by atoms with van der Waals surface area (Å²) >= 11 is 1.51. The van der Waals surface area contributed by atoms with Gasteiger partial charge in [0.05, 0.1) is 15.1 Å². The quantitative estimate of drug-likeness (QED) is 0.346. The maximum atomic E-state index is 13.6. The van der Waals surface area contributed by atoms with Crippen LogP contribution in [0.5, 0.6) is 0 Å². The zero-order valence-corrected chi connectivity index (χ0v) is 24.5. The van der Waals surface area contributed by atoms with Crippen LogP contribution >= 0.6 is 23.7 Å². The number of aryl methyl sites for hydroxylation is 1. The van der Waals surface area contributed by atoms with Gasteiger partial charge < -0.3 is 4.90 Å². The number of halogens is 1. The van der Waals surface area contributed by atoms with Crippen LogP contribution in [0.15, 0.2) is 47.4 Å². The van der Waals surface area contributed by atoms with Crippen molar-refractivity contribution in [3.63, 3.8) is 0 Å². The first-order valence-corrected chi connectivity index (χ1v) is 14.9. The van der Waals surface area contributed by atoms with Gasteiger partial charge in [0.2, 0.25) is 10.0 Å². The summed E-state index contributed by atoms with van der Waals surface area (Å²) in [6.07, 6.45) is 6.03. The van der Waals surface area contributed by atoms with Gasteiger partial charge in [0.25, 0.3) is 5.91 Å². The van der Waals surface area contributed by atoms with Crippen LogP contribution in [0.3, 0.4) is 0 Å². The van der Waals surface area contributed by atoms with E-state index in [-0.39, 0.29) is 29.3 Å². The number of nitrogens with zero attached hydrogens (tertiary/aromatic N) is 4. The fourth-order valence-electron chi connectivity index (χ4n) is 4.61. The van der Waals surface area contributed by atoms with E-state index in [0.29, 0.717) is 23.8 Å². The van der Waals surface area contributed by atoms with Gasteiger partial charge in [-0.2, -0.15) is 4.31 Å². The Labute approximate surface area is 230 Å². The van der Waals surface area contributed by atoms with Crippen LogP contribution < -0.4 is 4.90 Å². The highest BCUT2D eigenvalue weighted by atomic mass is 35.5. The summed E-state index contributed by atoms with van der Waals surface area (Å²) in [7, 11) is 2.00. The first kappa shape index (κ1) is 29.5. The summed E-state index contributed by atoms with van der Waals surface area (Å²) in [5.74, 6) is -0.184. The van der Waals surface area contributed by atoms with Crippen LogP contribution in [0.1, 0.15) is 54.9 Å². The zero-order valence-electron chi connectivity index (χ0n) is 22.0. The Morgan fingerprint density at radius 2 is 1.68 bits per heavy atom. The maximum Gasteiger partial charge on any atom is 0.260 e. The molecule has 0 spiro atoms. The van der Waals surface area contributed by atoms with Crippen molar-refractivity contribution in [2.75, 3.05) is 39.1 Å². The third kappa shape index (κ3) is 6.70. The number of thiazole rings is 1. The number of amides is 1. The second-order valence-corrected chi connectivity index (χ2v) is 12.8. The fraction of sp³-hybridized carbons (Fsp3) is 0.481. The number of sulfonamides is 1. The van der Waals surface area contributed by atoms with Crippen LogP contribution in [-0.4, -0.2) is 68.8 Å². The first-order valence-electron chi connectivity index (χ1n) is 12.6. The summed E-state index contributed by atoms with van der Waals surface area (Å²) in [4.78, 5) is 22.3. The lowest BCUT2D eigenvalue weighted by atomic mass is 9.96. The van der Waals surface area contributed by atoms with Crippen molar-refractivity contribution in [3.8, 4) is 0 Å². The van der Waals surface area contributed by atoms with Crippen molar-refractivity contribution in [1.29, 1.82) is 0 Å². The molecule has 2 aromatic carbocycles. The predicted molar refractivity (Wildman–Crippen MR) is 155 cm³/mol. The molecule has 7 nitrogen and oxygen atoms in total. The number of benzene rings is 2. The molecule has 1 aliphatic carbocycles. The van der Waals surface area contributed by atoms with Gasteiger partial charge in [0, 0.05) is 31.7 Å². The summed E-state index contributed by atoms with van der Waals surface area (Å²) in [5, 5.41) is 0.652. The number of carbonyl (C=O) groups is 1. The molecular formula is C27H37ClN4O3S2. The van der Waals surface area contributed by atoms with E-state index in [1.807, 2.05) is 25.1 Å². The Bertz CT molecular complexity index is 1300. The minimum Gasteiger partial charge on any atom is -0.308 e. The molecule has 0 aliphatic heterocycles. The number of aromatic nitrogens is 1. The molecule has 0 saturated heterocycles. The molecule has 3 aromatic rings.